The highest BCUT2D eigenvalue weighted by Crippen LogP contribution is 2.29. The molecule has 2 aliphatic heterocycles. The molecule has 1 aromatic heterocycles. The molecule has 4 nitrogen and oxygen atoms in total. The van der Waals surface area contributed by atoms with E-state index in [9.17, 15) is 4.79 Å². The highest BCUT2D eigenvalue weighted by atomic mass is 32.1. The maximum Gasteiger partial charge on any atom is 0.328 e. The van der Waals surface area contributed by atoms with Crippen molar-refractivity contribution in [2.75, 3.05) is 19.8 Å². The lowest BCUT2D eigenvalue weighted by Crippen LogP contribution is -2.38. The molecule has 98 valence electrons. The van der Waals surface area contributed by atoms with Crippen LogP contribution in [-0.2, 0) is 20.7 Å². The van der Waals surface area contributed by atoms with Crippen molar-refractivity contribution in [3.63, 3.8) is 0 Å². The summed E-state index contributed by atoms with van der Waals surface area (Å²) < 4.78 is 10.8. The van der Waals surface area contributed by atoms with Crippen LogP contribution in [0.4, 0.5) is 0 Å². The molecule has 1 N–H and O–H groups in total. The SMILES string of the molecule is O=C(OC1CCOCC1)C1NCCc2sccc21. The molecule has 0 aliphatic carbocycles. The summed E-state index contributed by atoms with van der Waals surface area (Å²) in [4.78, 5) is 13.5. The number of thiophene rings is 1. The van der Waals surface area contributed by atoms with E-state index in [2.05, 4.69) is 5.32 Å². The second kappa shape index (κ2) is 5.38. The van der Waals surface area contributed by atoms with Gasteiger partial charge in [-0.3, -0.25) is 0 Å². The molecule has 1 atom stereocenters. The summed E-state index contributed by atoms with van der Waals surface area (Å²) in [6.07, 6.45) is 2.66. The summed E-state index contributed by atoms with van der Waals surface area (Å²) in [5.41, 5.74) is 1.10. The van der Waals surface area contributed by atoms with Gasteiger partial charge in [0.05, 0.1) is 13.2 Å². The number of nitrogens with one attached hydrogen (secondary N) is 1. The number of carbonyl (C=O) groups excluding carboxylic acids is 1. The fraction of sp³-hybridized carbons (Fsp3) is 0.615. The third-order valence-corrected chi connectivity index (χ3v) is 4.47. The molecule has 0 spiro atoms. The Labute approximate surface area is 110 Å². The highest BCUT2D eigenvalue weighted by Gasteiger charge is 2.30. The van der Waals surface area contributed by atoms with Gasteiger partial charge in [-0.2, -0.15) is 0 Å². The van der Waals surface area contributed by atoms with Crippen LogP contribution < -0.4 is 5.32 Å². The topological polar surface area (TPSA) is 47.6 Å². The minimum absolute atomic E-state index is 0.0251. The van der Waals surface area contributed by atoms with E-state index in [1.165, 1.54) is 4.88 Å². The van der Waals surface area contributed by atoms with Gasteiger partial charge in [-0.05, 0) is 23.4 Å². The predicted molar refractivity (Wildman–Crippen MR) is 68.7 cm³/mol. The van der Waals surface area contributed by atoms with Crippen molar-refractivity contribution in [1.29, 1.82) is 0 Å². The molecule has 1 unspecified atom stereocenters. The minimum atomic E-state index is -0.275. The smallest absolute Gasteiger partial charge is 0.328 e. The zero-order valence-electron chi connectivity index (χ0n) is 10.2. The molecule has 1 fully saturated rings. The maximum atomic E-state index is 12.2. The van der Waals surface area contributed by atoms with Gasteiger partial charge >= 0.3 is 5.97 Å². The van der Waals surface area contributed by atoms with Gasteiger partial charge in [-0.25, -0.2) is 4.79 Å². The van der Waals surface area contributed by atoms with E-state index in [4.69, 9.17) is 9.47 Å². The molecular formula is C13H17NO3S. The van der Waals surface area contributed by atoms with Crippen molar-refractivity contribution in [2.45, 2.75) is 31.4 Å². The Hall–Kier alpha value is -0.910. The molecule has 5 heteroatoms. The average molecular weight is 267 g/mol. The van der Waals surface area contributed by atoms with Gasteiger partial charge in [0.25, 0.3) is 0 Å². The van der Waals surface area contributed by atoms with E-state index in [-0.39, 0.29) is 18.1 Å². The first kappa shape index (κ1) is 12.1. The van der Waals surface area contributed by atoms with Crippen molar-refractivity contribution in [1.82, 2.24) is 5.32 Å². The second-order valence-electron chi connectivity index (χ2n) is 4.68. The molecule has 1 saturated heterocycles. The zero-order chi connectivity index (χ0) is 12.4. The van der Waals surface area contributed by atoms with E-state index in [0.717, 1.165) is 31.4 Å². The molecule has 0 bridgehead atoms. The summed E-state index contributed by atoms with van der Waals surface area (Å²) in [6.45, 7) is 2.24. The number of esters is 1. The standard InChI is InChI=1S/C13H17NO3S/c15-13(17-9-2-6-16-7-3-9)12-10-4-8-18-11(10)1-5-14-12/h4,8-9,12,14H,1-3,5-7H2. The van der Waals surface area contributed by atoms with Crippen LogP contribution in [0.3, 0.4) is 0 Å². The van der Waals surface area contributed by atoms with Crippen LogP contribution in [0.15, 0.2) is 11.4 Å². The van der Waals surface area contributed by atoms with E-state index < -0.39 is 0 Å². The van der Waals surface area contributed by atoms with Gasteiger partial charge < -0.3 is 14.8 Å². The largest absolute Gasteiger partial charge is 0.461 e. The Kier molecular flexibility index (Phi) is 3.63. The molecule has 0 saturated carbocycles. The van der Waals surface area contributed by atoms with Crippen LogP contribution in [0.2, 0.25) is 0 Å². The Morgan fingerprint density at radius 3 is 3.11 bits per heavy atom. The normalized spacial score (nSPS) is 24.6. The van der Waals surface area contributed by atoms with E-state index in [0.29, 0.717) is 13.2 Å². The highest BCUT2D eigenvalue weighted by molar-refractivity contribution is 7.10. The lowest BCUT2D eigenvalue weighted by molar-refractivity contribution is -0.156. The monoisotopic (exact) mass is 267 g/mol. The van der Waals surface area contributed by atoms with Crippen molar-refractivity contribution in [3.05, 3.63) is 21.9 Å². The maximum absolute atomic E-state index is 12.2. The van der Waals surface area contributed by atoms with E-state index in [1.54, 1.807) is 11.3 Å². The molecule has 0 amide bonds. The van der Waals surface area contributed by atoms with Crippen LogP contribution in [0.5, 0.6) is 0 Å². The number of hydrogen-bond acceptors (Lipinski definition) is 5. The lowest BCUT2D eigenvalue weighted by Gasteiger charge is -2.27. The summed E-state index contributed by atoms with van der Waals surface area (Å²) in [5.74, 6) is -0.138. The minimum Gasteiger partial charge on any atom is -0.461 e. The van der Waals surface area contributed by atoms with Crippen molar-refractivity contribution in [2.24, 2.45) is 0 Å². The van der Waals surface area contributed by atoms with Gasteiger partial charge in [0.15, 0.2) is 0 Å². The third-order valence-electron chi connectivity index (χ3n) is 3.48. The van der Waals surface area contributed by atoms with Gasteiger partial charge in [-0.15, -0.1) is 11.3 Å². The van der Waals surface area contributed by atoms with Gasteiger partial charge in [0.1, 0.15) is 12.1 Å². The zero-order valence-corrected chi connectivity index (χ0v) is 11.0. The number of ether oxygens (including phenoxy) is 2. The van der Waals surface area contributed by atoms with Crippen LogP contribution in [0.25, 0.3) is 0 Å². The lowest BCUT2D eigenvalue weighted by atomic mass is 10.0. The molecule has 2 aliphatic rings. The van der Waals surface area contributed by atoms with Crippen LogP contribution in [0.1, 0.15) is 29.3 Å². The summed E-state index contributed by atoms with van der Waals surface area (Å²) in [7, 11) is 0. The first-order valence-corrected chi connectivity index (χ1v) is 7.30. The van der Waals surface area contributed by atoms with Crippen LogP contribution in [0, 0.1) is 0 Å². The third kappa shape index (κ3) is 2.43. The van der Waals surface area contributed by atoms with E-state index >= 15 is 0 Å². The second-order valence-corrected chi connectivity index (χ2v) is 5.69. The molecular weight excluding hydrogens is 250 g/mol. The number of hydrogen-bond donors (Lipinski definition) is 1. The first-order chi connectivity index (χ1) is 8.84. The Balaban J connectivity index is 1.66. The summed E-state index contributed by atoms with van der Waals surface area (Å²) in [5, 5.41) is 5.30. The molecule has 18 heavy (non-hydrogen) atoms. The summed E-state index contributed by atoms with van der Waals surface area (Å²) in [6, 6.07) is 1.75. The van der Waals surface area contributed by atoms with E-state index in [1.807, 2.05) is 11.4 Å². The summed E-state index contributed by atoms with van der Waals surface area (Å²) >= 11 is 1.72. The Morgan fingerprint density at radius 1 is 1.44 bits per heavy atom. The molecule has 0 radical (unpaired) electrons. The quantitative estimate of drug-likeness (QED) is 0.828. The van der Waals surface area contributed by atoms with Crippen LogP contribution in [-0.4, -0.2) is 31.8 Å². The molecule has 1 aromatic rings. The number of rotatable bonds is 2. The molecule has 3 heterocycles. The first-order valence-electron chi connectivity index (χ1n) is 6.42. The van der Waals surface area contributed by atoms with Gasteiger partial charge in [0, 0.05) is 24.3 Å². The van der Waals surface area contributed by atoms with Crippen LogP contribution >= 0.6 is 11.3 Å². The van der Waals surface area contributed by atoms with Crippen molar-refractivity contribution >= 4 is 17.3 Å². The fourth-order valence-corrected chi connectivity index (χ4v) is 3.41. The fourth-order valence-electron chi connectivity index (χ4n) is 2.49. The number of fused-ring (bicyclic) bond motifs is 1. The molecule has 0 aromatic carbocycles. The average Bonchev–Trinajstić information content (AvgIpc) is 2.87. The molecule has 3 rings (SSSR count). The van der Waals surface area contributed by atoms with Gasteiger partial charge in [-0.1, -0.05) is 0 Å². The van der Waals surface area contributed by atoms with Gasteiger partial charge in [0.2, 0.25) is 0 Å². The van der Waals surface area contributed by atoms with Crippen molar-refractivity contribution in [3.8, 4) is 0 Å². The Morgan fingerprint density at radius 2 is 2.28 bits per heavy atom. The Bertz CT molecular complexity index is 426. The number of carbonyl (C=O) groups is 1. The predicted octanol–water partition coefficient (Wildman–Crippen LogP) is 1.66. The van der Waals surface area contributed by atoms with Crippen molar-refractivity contribution < 1.29 is 14.3 Å².